The van der Waals surface area contributed by atoms with Crippen LogP contribution in [-0.2, 0) is 4.79 Å². The lowest BCUT2D eigenvalue weighted by Gasteiger charge is -2.38. The molecular weight excluding hydrogens is 220 g/mol. The minimum atomic E-state index is 0.279. The highest BCUT2D eigenvalue weighted by Gasteiger charge is 2.27. The van der Waals surface area contributed by atoms with E-state index in [1.54, 1.807) is 0 Å². The number of carbonyl (C=O) groups excluding carboxylic acids is 1. The molecule has 1 saturated heterocycles. The molecular formula is C12H22N2OS. The van der Waals surface area contributed by atoms with Crippen LogP contribution in [0.4, 0.5) is 0 Å². The molecule has 16 heavy (non-hydrogen) atoms. The molecule has 2 rings (SSSR count). The second-order valence-corrected chi connectivity index (χ2v) is 5.28. The largest absolute Gasteiger partial charge is 0.340 e. The Hall–Kier alpha value is -0.220. The van der Waals surface area contributed by atoms with Gasteiger partial charge >= 0.3 is 0 Å². The van der Waals surface area contributed by atoms with Crippen LogP contribution in [0.1, 0.15) is 32.1 Å². The lowest BCUT2D eigenvalue weighted by atomic mass is 10.2. The topological polar surface area (TPSA) is 23.6 Å². The lowest BCUT2D eigenvalue weighted by molar-refractivity contribution is -0.132. The van der Waals surface area contributed by atoms with Gasteiger partial charge in [-0.25, -0.2) is 0 Å². The second kappa shape index (κ2) is 5.92. The van der Waals surface area contributed by atoms with Crippen LogP contribution in [0.5, 0.6) is 0 Å². The molecule has 1 saturated carbocycles. The van der Waals surface area contributed by atoms with Crippen molar-refractivity contribution in [3.8, 4) is 0 Å². The van der Waals surface area contributed by atoms with Gasteiger partial charge in [0.2, 0.25) is 5.91 Å². The molecule has 4 heteroatoms. The summed E-state index contributed by atoms with van der Waals surface area (Å²) in [4.78, 5) is 16.3. The van der Waals surface area contributed by atoms with Crippen LogP contribution in [0, 0.1) is 0 Å². The van der Waals surface area contributed by atoms with Crippen molar-refractivity contribution < 1.29 is 4.79 Å². The first-order valence-electron chi connectivity index (χ1n) is 6.44. The first kappa shape index (κ1) is 12.2. The predicted octanol–water partition coefficient (Wildman–Crippen LogP) is 1.39. The number of carbonyl (C=O) groups is 1. The first-order valence-corrected chi connectivity index (χ1v) is 7.07. The van der Waals surface area contributed by atoms with Gasteiger partial charge in [0.1, 0.15) is 0 Å². The Labute approximate surface area is 104 Å². The van der Waals surface area contributed by atoms with E-state index in [-0.39, 0.29) is 5.91 Å². The number of nitrogens with zero attached hydrogens (tertiary/aromatic N) is 2. The van der Waals surface area contributed by atoms with Crippen LogP contribution in [0.2, 0.25) is 0 Å². The minimum absolute atomic E-state index is 0.279. The van der Waals surface area contributed by atoms with Crippen molar-refractivity contribution in [1.29, 1.82) is 0 Å². The van der Waals surface area contributed by atoms with Gasteiger partial charge in [0.25, 0.3) is 0 Å². The van der Waals surface area contributed by atoms with Crippen molar-refractivity contribution in [2.75, 3.05) is 31.9 Å². The Kier molecular flexibility index (Phi) is 4.53. The number of amides is 1. The Morgan fingerprint density at radius 3 is 2.31 bits per heavy atom. The normalized spacial score (nSPS) is 23.9. The monoisotopic (exact) mass is 242 g/mol. The van der Waals surface area contributed by atoms with Crippen molar-refractivity contribution in [3.05, 3.63) is 0 Å². The molecule has 0 bridgehead atoms. The van der Waals surface area contributed by atoms with Gasteiger partial charge in [-0.3, -0.25) is 9.69 Å². The van der Waals surface area contributed by atoms with Crippen molar-refractivity contribution in [2.45, 2.75) is 38.1 Å². The van der Waals surface area contributed by atoms with E-state index < -0.39 is 0 Å². The molecule has 1 aliphatic heterocycles. The SMILES string of the molecule is O=C(CCS)N1CCN(C2CCCC2)CC1. The molecule has 2 aliphatic rings. The standard InChI is InChI=1S/C12H22N2OS/c15-12(5-10-16)14-8-6-13(7-9-14)11-3-1-2-4-11/h11,16H,1-10H2. The van der Waals surface area contributed by atoms with E-state index in [9.17, 15) is 4.79 Å². The summed E-state index contributed by atoms with van der Waals surface area (Å²) in [7, 11) is 0. The quantitative estimate of drug-likeness (QED) is 0.756. The summed E-state index contributed by atoms with van der Waals surface area (Å²) in [5.74, 6) is 0.947. The third kappa shape index (κ3) is 2.92. The summed E-state index contributed by atoms with van der Waals surface area (Å²) < 4.78 is 0. The van der Waals surface area contributed by atoms with E-state index in [0.717, 1.165) is 32.2 Å². The summed E-state index contributed by atoms with van der Waals surface area (Å²) >= 11 is 4.11. The van der Waals surface area contributed by atoms with E-state index in [4.69, 9.17) is 0 Å². The smallest absolute Gasteiger partial charge is 0.223 e. The van der Waals surface area contributed by atoms with Crippen LogP contribution in [0.3, 0.4) is 0 Å². The predicted molar refractivity (Wildman–Crippen MR) is 68.9 cm³/mol. The van der Waals surface area contributed by atoms with Crippen molar-refractivity contribution in [1.82, 2.24) is 9.80 Å². The van der Waals surface area contributed by atoms with Gasteiger partial charge in [-0.1, -0.05) is 12.8 Å². The van der Waals surface area contributed by atoms with E-state index in [2.05, 4.69) is 17.5 Å². The fraction of sp³-hybridized carbons (Fsp3) is 0.917. The zero-order chi connectivity index (χ0) is 11.4. The van der Waals surface area contributed by atoms with Crippen LogP contribution in [0.25, 0.3) is 0 Å². The minimum Gasteiger partial charge on any atom is -0.340 e. The molecule has 0 aromatic carbocycles. The molecule has 3 nitrogen and oxygen atoms in total. The molecule has 0 spiro atoms. The highest BCUT2D eigenvalue weighted by atomic mass is 32.1. The molecule has 1 amide bonds. The fourth-order valence-corrected chi connectivity index (χ4v) is 3.05. The van der Waals surface area contributed by atoms with Crippen LogP contribution in [-0.4, -0.2) is 53.7 Å². The maximum absolute atomic E-state index is 11.7. The maximum atomic E-state index is 11.7. The molecule has 0 N–H and O–H groups in total. The number of rotatable bonds is 3. The van der Waals surface area contributed by atoms with Gasteiger partial charge in [0.15, 0.2) is 0 Å². The molecule has 0 unspecified atom stereocenters. The third-order valence-electron chi connectivity index (χ3n) is 3.83. The molecule has 0 atom stereocenters. The Bertz CT molecular complexity index is 233. The average Bonchev–Trinajstić information content (AvgIpc) is 2.83. The van der Waals surface area contributed by atoms with Gasteiger partial charge in [0, 0.05) is 38.6 Å². The summed E-state index contributed by atoms with van der Waals surface area (Å²) in [6.07, 6.45) is 6.11. The van der Waals surface area contributed by atoms with Crippen molar-refractivity contribution in [2.24, 2.45) is 0 Å². The summed E-state index contributed by atoms with van der Waals surface area (Å²) in [6, 6.07) is 0.808. The molecule has 0 aromatic rings. The van der Waals surface area contributed by atoms with E-state index >= 15 is 0 Å². The van der Waals surface area contributed by atoms with Gasteiger partial charge in [-0.2, -0.15) is 12.6 Å². The number of thiol groups is 1. The molecule has 92 valence electrons. The first-order chi connectivity index (χ1) is 7.81. The maximum Gasteiger partial charge on any atom is 0.223 e. The van der Waals surface area contributed by atoms with E-state index in [1.807, 2.05) is 4.90 Å². The second-order valence-electron chi connectivity index (χ2n) is 4.83. The van der Waals surface area contributed by atoms with Gasteiger partial charge in [-0.05, 0) is 18.6 Å². The van der Waals surface area contributed by atoms with Gasteiger partial charge in [0.05, 0.1) is 0 Å². The summed E-state index contributed by atoms with van der Waals surface area (Å²) in [6.45, 7) is 3.98. The Morgan fingerprint density at radius 1 is 1.12 bits per heavy atom. The average molecular weight is 242 g/mol. The number of hydrogen-bond acceptors (Lipinski definition) is 3. The lowest BCUT2D eigenvalue weighted by Crippen LogP contribution is -2.51. The van der Waals surface area contributed by atoms with Crippen molar-refractivity contribution in [3.63, 3.8) is 0 Å². The number of hydrogen-bond donors (Lipinski definition) is 1. The Balaban J connectivity index is 1.75. The molecule has 0 aromatic heterocycles. The Morgan fingerprint density at radius 2 is 1.75 bits per heavy atom. The third-order valence-corrected chi connectivity index (χ3v) is 4.06. The fourth-order valence-electron chi connectivity index (χ4n) is 2.86. The molecule has 1 aliphatic carbocycles. The van der Waals surface area contributed by atoms with Crippen LogP contribution < -0.4 is 0 Å². The molecule has 2 fully saturated rings. The summed E-state index contributed by atoms with van der Waals surface area (Å²) in [5.41, 5.74) is 0. The van der Waals surface area contributed by atoms with Gasteiger partial charge < -0.3 is 4.90 Å². The molecule has 0 radical (unpaired) electrons. The highest BCUT2D eigenvalue weighted by molar-refractivity contribution is 7.80. The van der Waals surface area contributed by atoms with E-state index in [0.29, 0.717) is 12.2 Å². The van der Waals surface area contributed by atoms with Crippen LogP contribution in [0.15, 0.2) is 0 Å². The zero-order valence-corrected chi connectivity index (χ0v) is 10.8. The van der Waals surface area contributed by atoms with Crippen molar-refractivity contribution >= 4 is 18.5 Å². The van der Waals surface area contributed by atoms with E-state index in [1.165, 1.54) is 25.7 Å². The molecule has 1 heterocycles. The van der Waals surface area contributed by atoms with Crippen LogP contribution >= 0.6 is 12.6 Å². The summed E-state index contributed by atoms with van der Waals surface area (Å²) in [5, 5.41) is 0. The highest BCUT2D eigenvalue weighted by Crippen LogP contribution is 2.24. The number of piperazine rings is 1. The zero-order valence-electron chi connectivity index (χ0n) is 9.90. The van der Waals surface area contributed by atoms with Gasteiger partial charge in [-0.15, -0.1) is 0 Å².